The number of nitrogens with one attached hydrogen (secondary N) is 1. The normalized spacial score (nSPS) is 12.1. The molecule has 1 rings (SSSR count). The number of rotatable bonds is 5. The van der Waals surface area contributed by atoms with Crippen LogP contribution in [0.3, 0.4) is 0 Å². The third-order valence-corrected chi connectivity index (χ3v) is 3.80. The van der Waals surface area contributed by atoms with Crippen molar-refractivity contribution in [3.8, 4) is 0 Å². The fourth-order valence-corrected chi connectivity index (χ4v) is 1.53. The highest BCUT2D eigenvalue weighted by Crippen LogP contribution is 2.34. The maximum Gasteiger partial charge on any atom is 0.311 e. The Labute approximate surface area is 117 Å². The van der Waals surface area contributed by atoms with Gasteiger partial charge in [-0.25, -0.2) is 4.39 Å². The molecule has 0 heterocycles. The number of carboxylic acid groups (broad SMARTS) is 1. The number of hydrogen-bond acceptors (Lipinski definition) is 3. The molecule has 0 aromatic heterocycles. The van der Waals surface area contributed by atoms with Crippen molar-refractivity contribution in [2.24, 2.45) is 11.1 Å². The van der Waals surface area contributed by atoms with Gasteiger partial charge in [0.25, 0.3) is 0 Å². The third-order valence-electron chi connectivity index (χ3n) is 3.80. The average Bonchev–Trinajstić information content (AvgIpc) is 2.30. The zero-order valence-electron chi connectivity index (χ0n) is 12.0. The molecule has 0 aliphatic rings. The second kappa shape index (κ2) is 5.11. The van der Waals surface area contributed by atoms with E-state index in [0.29, 0.717) is 0 Å². The predicted octanol–water partition coefficient (Wildman–Crippen LogP) is 2.23. The molecule has 0 radical (unpaired) electrons. The van der Waals surface area contributed by atoms with E-state index in [4.69, 9.17) is 5.73 Å². The van der Waals surface area contributed by atoms with Crippen LogP contribution in [0.1, 0.15) is 38.1 Å². The standard InChI is InChI=1S/C14H19FN2O3/c1-13(2,12(19)20)14(3,4)17-10-6-5-8(11(16)18)7-9(10)15/h5-7,17H,1-4H3,(H2,16,18)(H,19,20). The van der Waals surface area contributed by atoms with Gasteiger partial charge in [-0.15, -0.1) is 0 Å². The first kappa shape index (κ1) is 15.9. The highest BCUT2D eigenvalue weighted by molar-refractivity contribution is 5.93. The molecule has 0 saturated carbocycles. The van der Waals surface area contributed by atoms with Crippen LogP contribution in [0.2, 0.25) is 0 Å². The van der Waals surface area contributed by atoms with Crippen molar-refractivity contribution in [1.29, 1.82) is 0 Å². The topological polar surface area (TPSA) is 92.4 Å². The second-order valence-corrected chi connectivity index (χ2v) is 5.74. The molecule has 110 valence electrons. The first-order valence-corrected chi connectivity index (χ1v) is 6.10. The maximum absolute atomic E-state index is 13.9. The monoisotopic (exact) mass is 282 g/mol. The minimum atomic E-state index is -1.12. The first-order chi connectivity index (χ1) is 8.99. The molecule has 5 nitrogen and oxygen atoms in total. The number of halogens is 1. The number of benzene rings is 1. The van der Waals surface area contributed by atoms with Crippen molar-refractivity contribution in [2.45, 2.75) is 33.2 Å². The molecular formula is C14H19FN2O3. The van der Waals surface area contributed by atoms with Crippen molar-refractivity contribution >= 4 is 17.6 Å². The molecule has 20 heavy (non-hydrogen) atoms. The van der Waals surface area contributed by atoms with Crippen LogP contribution in [-0.2, 0) is 4.79 Å². The van der Waals surface area contributed by atoms with Crippen molar-refractivity contribution in [2.75, 3.05) is 5.32 Å². The summed E-state index contributed by atoms with van der Waals surface area (Å²) in [4.78, 5) is 22.2. The molecule has 0 spiro atoms. The van der Waals surface area contributed by atoms with Crippen LogP contribution in [0.5, 0.6) is 0 Å². The third kappa shape index (κ3) is 2.89. The molecular weight excluding hydrogens is 263 g/mol. The molecule has 1 aromatic carbocycles. The van der Waals surface area contributed by atoms with Gasteiger partial charge in [0.15, 0.2) is 0 Å². The van der Waals surface area contributed by atoms with E-state index in [1.807, 2.05) is 0 Å². The number of carbonyl (C=O) groups is 2. The zero-order valence-corrected chi connectivity index (χ0v) is 12.0. The summed E-state index contributed by atoms with van der Waals surface area (Å²) in [6.07, 6.45) is 0. The van der Waals surface area contributed by atoms with Gasteiger partial charge in [0.2, 0.25) is 5.91 Å². The van der Waals surface area contributed by atoms with Crippen LogP contribution in [0.4, 0.5) is 10.1 Å². The highest BCUT2D eigenvalue weighted by atomic mass is 19.1. The lowest BCUT2D eigenvalue weighted by Gasteiger charge is -2.39. The van der Waals surface area contributed by atoms with Gasteiger partial charge >= 0.3 is 5.97 Å². The molecule has 0 bridgehead atoms. The van der Waals surface area contributed by atoms with Gasteiger partial charge in [-0.05, 0) is 45.9 Å². The smallest absolute Gasteiger partial charge is 0.311 e. The summed E-state index contributed by atoms with van der Waals surface area (Å²) < 4.78 is 13.9. The fraction of sp³-hybridized carbons (Fsp3) is 0.429. The van der Waals surface area contributed by atoms with Gasteiger partial charge in [0.1, 0.15) is 5.82 Å². The van der Waals surface area contributed by atoms with Crippen LogP contribution in [0, 0.1) is 11.2 Å². The van der Waals surface area contributed by atoms with Gasteiger partial charge < -0.3 is 16.2 Å². The Kier molecular flexibility index (Phi) is 4.07. The van der Waals surface area contributed by atoms with Crippen molar-refractivity contribution in [3.63, 3.8) is 0 Å². The minimum absolute atomic E-state index is 0.0587. The number of carbonyl (C=O) groups excluding carboxylic acids is 1. The molecule has 1 amide bonds. The number of anilines is 1. The van der Waals surface area contributed by atoms with Crippen LogP contribution in [0.25, 0.3) is 0 Å². The van der Waals surface area contributed by atoms with Crippen LogP contribution in [0.15, 0.2) is 18.2 Å². The summed E-state index contributed by atoms with van der Waals surface area (Å²) in [5.41, 5.74) is 3.21. The van der Waals surface area contributed by atoms with E-state index in [2.05, 4.69) is 5.32 Å². The van der Waals surface area contributed by atoms with Crippen molar-refractivity contribution < 1.29 is 19.1 Å². The Morgan fingerprint density at radius 2 is 1.80 bits per heavy atom. The Balaban J connectivity index is 3.10. The number of hydrogen-bond donors (Lipinski definition) is 3. The Morgan fingerprint density at radius 1 is 1.25 bits per heavy atom. The van der Waals surface area contributed by atoms with E-state index in [-0.39, 0.29) is 11.3 Å². The summed E-state index contributed by atoms with van der Waals surface area (Å²) in [5, 5.41) is 12.1. The fourth-order valence-electron chi connectivity index (χ4n) is 1.53. The minimum Gasteiger partial charge on any atom is -0.481 e. The molecule has 0 atom stereocenters. The van der Waals surface area contributed by atoms with Crippen LogP contribution >= 0.6 is 0 Å². The number of primary amides is 1. The number of carboxylic acids is 1. The van der Waals surface area contributed by atoms with Gasteiger partial charge in [-0.2, -0.15) is 0 Å². The molecule has 4 N–H and O–H groups in total. The second-order valence-electron chi connectivity index (χ2n) is 5.74. The van der Waals surface area contributed by atoms with Gasteiger partial charge in [0.05, 0.1) is 11.1 Å². The predicted molar refractivity (Wildman–Crippen MR) is 74.0 cm³/mol. The van der Waals surface area contributed by atoms with E-state index < -0.39 is 28.6 Å². The molecule has 0 unspecified atom stereocenters. The van der Waals surface area contributed by atoms with Gasteiger partial charge in [0, 0.05) is 11.1 Å². The number of aliphatic carboxylic acids is 1. The summed E-state index contributed by atoms with van der Waals surface area (Å²) in [7, 11) is 0. The molecule has 1 aromatic rings. The quantitative estimate of drug-likeness (QED) is 0.772. The molecule has 0 saturated heterocycles. The zero-order chi connectivity index (χ0) is 15.7. The molecule has 0 aliphatic carbocycles. The van der Waals surface area contributed by atoms with Crippen molar-refractivity contribution in [1.82, 2.24) is 0 Å². The lowest BCUT2D eigenvalue weighted by molar-refractivity contribution is -0.149. The van der Waals surface area contributed by atoms with Crippen molar-refractivity contribution in [3.05, 3.63) is 29.6 Å². The van der Waals surface area contributed by atoms with E-state index in [1.54, 1.807) is 27.7 Å². The lowest BCUT2D eigenvalue weighted by atomic mass is 9.74. The van der Waals surface area contributed by atoms with E-state index in [1.165, 1.54) is 12.1 Å². The number of amides is 1. The molecule has 0 aliphatic heterocycles. The molecule has 0 fully saturated rings. The summed E-state index contributed by atoms with van der Waals surface area (Å²) >= 11 is 0. The SMILES string of the molecule is CC(C)(Nc1ccc(C(N)=O)cc1F)C(C)(C)C(=O)O. The molecule has 6 heteroatoms. The maximum atomic E-state index is 13.9. The van der Waals surface area contributed by atoms with Crippen LogP contribution in [-0.4, -0.2) is 22.5 Å². The van der Waals surface area contributed by atoms with E-state index >= 15 is 0 Å². The summed E-state index contributed by atoms with van der Waals surface area (Å²) in [6, 6.07) is 3.78. The largest absolute Gasteiger partial charge is 0.481 e. The average molecular weight is 282 g/mol. The highest BCUT2D eigenvalue weighted by Gasteiger charge is 2.43. The van der Waals surface area contributed by atoms with Gasteiger partial charge in [-0.3, -0.25) is 9.59 Å². The van der Waals surface area contributed by atoms with E-state index in [9.17, 15) is 19.1 Å². The van der Waals surface area contributed by atoms with Crippen LogP contribution < -0.4 is 11.1 Å². The Bertz CT molecular complexity index is 553. The summed E-state index contributed by atoms with van der Waals surface area (Å²) in [5.74, 6) is -2.37. The lowest BCUT2D eigenvalue weighted by Crippen LogP contribution is -2.50. The Hall–Kier alpha value is -2.11. The Morgan fingerprint density at radius 3 is 2.20 bits per heavy atom. The van der Waals surface area contributed by atoms with Gasteiger partial charge in [-0.1, -0.05) is 0 Å². The van der Waals surface area contributed by atoms with E-state index in [0.717, 1.165) is 6.07 Å². The summed E-state index contributed by atoms with van der Waals surface area (Å²) in [6.45, 7) is 6.45. The number of nitrogens with two attached hydrogens (primary N) is 1. The first-order valence-electron chi connectivity index (χ1n) is 6.10.